The summed E-state index contributed by atoms with van der Waals surface area (Å²) in [6.45, 7) is 9.00. The molecular formula is C14H23N3O3S. The average Bonchev–Trinajstić information content (AvgIpc) is 2.87. The Balaban J connectivity index is 2.80. The fourth-order valence-electron chi connectivity index (χ4n) is 1.92. The Hall–Kier alpha value is -1.63. The smallest absolute Gasteiger partial charge is 0.329 e. The maximum absolute atomic E-state index is 12.3. The zero-order valence-electron chi connectivity index (χ0n) is 13.1. The number of nitrogens with zero attached hydrogens (tertiary/aromatic N) is 2. The van der Waals surface area contributed by atoms with Gasteiger partial charge in [0.2, 0.25) is 0 Å². The highest BCUT2D eigenvalue weighted by Gasteiger charge is 2.37. The first-order chi connectivity index (χ1) is 9.73. The van der Waals surface area contributed by atoms with E-state index in [1.165, 1.54) is 18.7 Å². The van der Waals surface area contributed by atoms with Crippen LogP contribution >= 0.6 is 11.3 Å². The zero-order valence-corrected chi connectivity index (χ0v) is 14.0. The molecule has 1 rings (SSSR count). The number of amides is 2. The SMILES string of the molecule is CCc1cnc(C(C)NC(=O)N(CC)C(C)(C)C(=O)O)s1. The Morgan fingerprint density at radius 3 is 2.52 bits per heavy atom. The molecule has 1 aromatic heterocycles. The normalized spacial score (nSPS) is 12.8. The topological polar surface area (TPSA) is 82.5 Å². The van der Waals surface area contributed by atoms with Gasteiger partial charge in [0, 0.05) is 17.6 Å². The van der Waals surface area contributed by atoms with Crippen molar-refractivity contribution in [2.45, 2.75) is 52.6 Å². The second-order valence-electron chi connectivity index (χ2n) is 5.30. The highest BCUT2D eigenvalue weighted by atomic mass is 32.1. The highest BCUT2D eigenvalue weighted by molar-refractivity contribution is 7.11. The lowest BCUT2D eigenvalue weighted by atomic mass is 10.0. The molecule has 1 aromatic rings. The van der Waals surface area contributed by atoms with Crippen LogP contribution in [0.3, 0.4) is 0 Å². The third kappa shape index (κ3) is 3.93. The first-order valence-corrected chi connectivity index (χ1v) is 7.81. The van der Waals surface area contributed by atoms with Gasteiger partial charge in [0.05, 0.1) is 6.04 Å². The van der Waals surface area contributed by atoms with E-state index in [0.717, 1.165) is 16.3 Å². The van der Waals surface area contributed by atoms with Crippen LogP contribution in [0.2, 0.25) is 0 Å². The fraction of sp³-hybridized carbons (Fsp3) is 0.643. The molecule has 0 radical (unpaired) electrons. The molecule has 7 heteroatoms. The number of nitrogens with one attached hydrogen (secondary N) is 1. The van der Waals surface area contributed by atoms with Crippen molar-refractivity contribution >= 4 is 23.3 Å². The number of aliphatic carboxylic acids is 1. The minimum atomic E-state index is -1.25. The van der Waals surface area contributed by atoms with Gasteiger partial charge in [-0.3, -0.25) is 0 Å². The summed E-state index contributed by atoms with van der Waals surface area (Å²) in [5, 5.41) is 12.9. The zero-order chi connectivity index (χ0) is 16.2. The van der Waals surface area contributed by atoms with Crippen LogP contribution in [0, 0.1) is 0 Å². The van der Waals surface area contributed by atoms with Crippen molar-refractivity contribution in [1.82, 2.24) is 15.2 Å². The number of thiazole rings is 1. The second kappa shape index (κ2) is 6.89. The van der Waals surface area contributed by atoms with Gasteiger partial charge in [-0.2, -0.15) is 0 Å². The molecule has 118 valence electrons. The Morgan fingerprint density at radius 1 is 1.48 bits per heavy atom. The van der Waals surface area contributed by atoms with Crippen molar-refractivity contribution in [3.63, 3.8) is 0 Å². The number of rotatable bonds is 6. The average molecular weight is 313 g/mol. The van der Waals surface area contributed by atoms with Gasteiger partial charge in [-0.25, -0.2) is 14.6 Å². The van der Waals surface area contributed by atoms with Gasteiger partial charge in [-0.15, -0.1) is 11.3 Å². The van der Waals surface area contributed by atoms with Gasteiger partial charge in [-0.05, 0) is 34.1 Å². The molecular weight excluding hydrogens is 290 g/mol. The number of urea groups is 1. The summed E-state index contributed by atoms with van der Waals surface area (Å²) in [5.41, 5.74) is -1.25. The minimum absolute atomic E-state index is 0.249. The lowest BCUT2D eigenvalue weighted by molar-refractivity contribution is -0.147. The van der Waals surface area contributed by atoms with E-state index in [0.29, 0.717) is 6.54 Å². The molecule has 0 aliphatic heterocycles. The summed E-state index contributed by atoms with van der Waals surface area (Å²) in [5.74, 6) is -1.03. The summed E-state index contributed by atoms with van der Waals surface area (Å²) in [6.07, 6.45) is 2.72. The highest BCUT2D eigenvalue weighted by Crippen LogP contribution is 2.21. The Labute approximate surface area is 129 Å². The molecule has 1 unspecified atom stereocenters. The number of hydrogen-bond donors (Lipinski definition) is 2. The van der Waals surface area contributed by atoms with Crippen molar-refractivity contribution in [3.8, 4) is 0 Å². The van der Waals surface area contributed by atoms with E-state index >= 15 is 0 Å². The van der Waals surface area contributed by atoms with Gasteiger partial charge in [0.25, 0.3) is 0 Å². The van der Waals surface area contributed by atoms with Crippen LogP contribution in [0.25, 0.3) is 0 Å². The molecule has 1 heterocycles. The quantitative estimate of drug-likeness (QED) is 0.846. The van der Waals surface area contributed by atoms with E-state index in [1.54, 1.807) is 24.5 Å². The number of aromatic nitrogens is 1. The number of likely N-dealkylation sites (N-methyl/N-ethyl adjacent to an activating group) is 1. The monoisotopic (exact) mass is 313 g/mol. The van der Waals surface area contributed by atoms with Gasteiger partial charge < -0.3 is 15.3 Å². The van der Waals surface area contributed by atoms with Crippen molar-refractivity contribution < 1.29 is 14.7 Å². The molecule has 1 atom stereocenters. The van der Waals surface area contributed by atoms with Crippen molar-refractivity contribution in [3.05, 3.63) is 16.1 Å². The number of carboxylic acids is 1. The van der Waals surface area contributed by atoms with Crippen LogP contribution in [0.4, 0.5) is 4.79 Å². The predicted octanol–water partition coefficient (Wildman–Crippen LogP) is 2.66. The second-order valence-corrected chi connectivity index (χ2v) is 6.44. The first-order valence-electron chi connectivity index (χ1n) is 7.00. The largest absolute Gasteiger partial charge is 0.480 e. The first kappa shape index (κ1) is 17.4. The van der Waals surface area contributed by atoms with Crippen LogP contribution in [0.1, 0.15) is 50.5 Å². The summed E-state index contributed by atoms with van der Waals surface area (Å²) >= 11 is 1.56. The molecule has 0 aliphatic rings. The Morgan fingerprint density at radius 2 is 2.10 bits per heavy atom. The molecule has 21 heavy (non-hydrogen) atoms. The maximum atomic E-state index is 12.3. The third-order valence-electron chi connectivity index (χ3n) is 3.39. The number of carbonyl (C=O) groups excluding carboxylic acids is 1. The van der Waals surface area contributed by atoms with Crippen LogP contribution in [0.5, 0.6) is 0 Å². The van der Waals surface area contributed by atoms with Crippen molar-refractivity contribution in [2.75, 3.05) is 6.54 Å². The standard InChI is InChI=1S/C14H23N3O3S/c1-6-10-8-15-11(21-10)9(3)16-13(20)17(7-2)14(4,5)12(18)19/h8-9H,6-7H2,1-5H3,(H,16,20)(H,18,19). The molecule has 0 aromatic carbocycles. The van der Waals surface area contributed by atoms with Crippen LogP contribution in [0.15, 0.2) is 6.20 Å². The summed E-state index contributed by atoms with van der Waals surface area (Å²) in [7, 11) is 0. The van der Waals surface area contributed by atoms with E-state index in [4.69, 9.17) is 0 Å². The maximum Gasteiger partial charge on any atom is 0.329 e. The van der Waals surface area contributed by atoms with Gasteiger partial charge >= 0.3 is 12.0 Å². The van der Waals surface area contributed by atoms with Crippen LogP contribution in [-0.2, 0) is 11.2 Å². The van der Waals surface area contributed by atoms with Gasteiger partial charge in [0.1, 0.15) is 10.5 Å². The third-order valence-corrected chi connectivity index (χ3v) is 4.71. The van der Waals surface area contributed by atoms with E-state index in [9.17, 15) is 14.7 Å². The van der Waals surface area contributed by atoms with E-state index in [2.05, 4.69) is 17.2 Å². The Kier molecular flexibility index (Phi) is 5.71. The number of hydrogen-bond acceptors (Lipinski definition) is 4. The predicted molar refractivity (Wildman–Crippen MR) is 82.5 cm³/mol. The fourth-order valence-corrected chi connectivity index (χ4v) is 2.78. The summed E-state index contributed by atoms with van der Waals surface area (Å²) in [6, 6.07) is -0.646. The van der Waals surface area contributed by atoms with Crippen LogP contribution in [-0.4, -0.2) is 39.1 Å². The summed E-state index contributed by atoms with van der Waals surface area (Å²) < 4.78 is 0. The van der Waals surface area contributed by atoms with Crippen molar-refractivity contribution in [1.29, 1.82) is 0 Å². The van der Waals surface area contributed by atoms with Gasteiger partial charge in [-0.1, -0.05) is 6.92 Å². The molecule has 0 fully saturated rings. The molecule has 0 saturated carbocycles. The van der Waals surface area contributed by atoms with Crippen molar-refractivity contribution in [2.24, 2.45) is 0 Å². The molecule has 6 nitrogen and oxygen atoms in total. The minimum Gasteiger partial charge on any atom is -0.480 e. The number of carbonyl (C=O) groups is 2. The lowest BCUT2D eigenvalue weighted by Gasteiger charge is -2.34. The molecule has 2 amide bonds. The lowest BCUT2D eigenvalue weighted by Crippen LogP contribution is -2.56. The molecule has 2 N–H and O–H groups in total. The van der Waals surface area contributed by atoms with E-state index in [-0.39, 0.29) is 6.04 Å². The van der Waals surface area contributed by atoms with E-state index in [1.807, 2.05) is 6.92 Å². The molecule has 0 saturated heterocycles. The molecule has 0 spiro atoms. The van der Waals surface area contributed by atoms with Gasteiger partial charge in [0.15, 0.2) is 0 Å². The van der Waals surface area contributed by atoms with Crippen LogP contribution < -0.4 is 5.32 Å². The van der Waals surface area contributed by atoms with E-state index < -0.39 is 17.5 Å². The molecule has 0 bridgehead atoms. The molecule has 0 aliphatic carbocycles. The Bertz CT molecular complexity index is 513. The number of carboxylic acid groups (broad SMARTS) is 1. The number of aryl methyl sites for hydroxylation is 1. The summed E-state index contributed by atoms with van der Waals surface area (Å²) in [4.78, 5) is 30.4.